The molecular formula is C12H25ClN2O3. The number of carboxylic acid groups (broad SMARTS) is 1. The van der Waals surface area contributed by atoms with Crippen molar-refractivity contribution in [3.05, 3.63) is 0 Å². The van der Waals surface area contributed by atoms with Crippen molar-refractivity contribution in [2.24, 2.45) is 0 Å². The minimum Gasteiger partial charge on any atom is -0.480 e. The number of hydrogen-bond acceptors (Lipinski definition) is 3. The molecule has 0 fully saturated rings. The van der Waals surface area contributed by atoms with Gasteiger partial charge in [0, 0.05) is 6.54 Å². The van der Waals surface area contributed by atoms with Crippen LogP contribution in [0.3, 0.4) is 0 Å². The zero-order valence-corrected chi connectivity index (χ0v) is 12.3. The van der Waals surface area contributed by atoms with Gasteiger partial charge in [0.25, 0.3) is 0 Å². The first-order valence-electron chi connectivity index (χ1n) is 6.26. The molecule has 0 saturated heterocycles. The van der Waals surface area contributed by atoms with Gasteiger partial charge < -0.3 is 10.4 Å². The Bertz CT molecular complexity index is 249. The zero-order chi connectivity index (χ0) is 13.3. The maximum Gasteiger partial charge on any atom is 0.317 e. The highest BCUT2D eigenvalue weighted by Crippen LogP contribution is 2.01. The van der Waals surface area contributed by atoms with Crippen LogP contribution in [0.5, 0.6) is 0 Å². The second kappa shape index (κ2) is 11.3. The van der Waals surface area contributed by atoms with E-state index in [2.05, 4.69) is 12.2 Å². The van der Waals surface area contributed by atoms with Gasteiger partial charge in [-0.3, -0.25) is 14.5 Å². The van der Waals surface area contributed by atoms with Gasteiger partial charge in [0.2, 0.25) is 5.91 Å². The van der Waals surface area contributed by atoms with Crippen LogP contribution < -0.4 is 5.32 Å². The molecule has 2 N–H and O–H groups in total. The molecule has 0 aliphatic rings. The molecule has 0 aromatic heterocycles. The van der Waals surface area contributed by atoms with Crippen molar-refractivity contribution in [3.8, 4) is 0 Å². The third kappa shape index (κ3) is 8.31. The molecule has 0 heterocycles. The average molecular weight is 281 g/mol. The predicted molar refractivity (Wildman–Crippen MR) is 74.1 cm³/mol. The van der Waals surface area contributed by atoms with Gasteiger partial charge in [-0.15, -0.1) is 12.4 Å². The van der Waals surface area contributed by atoms with E-state index in [-0.39, 0.29) is 30.9 Å². The number of rotatable bonds is 9. The van der Waals surface area contributed by atoms with Crippen molar-refractivity contribution < 1.29 is 14.7 Å². The quantitative estimate of drug-likeness (QED) is 0.628. The maximum atomic E-state index is 11.8. The van der Waals surface area contributed by atoms with Crippen LogP contribution in [-0.4, -0.2) is 47.6 Å². The molecule has 0 aromatic carbocycles. The molecule has 18 heavy (non-hydrogen) atoms. The van der Waals surface area contributed by atoms with E-state index >= 15 is 0 Å². The fraction of sp³-hybridized carbons (Fsp3) is 0.833. The molecule has 0 aliphatic carbocycles. The van der Waals surface area contributed by atoms with Gasteiger partial charge in [-0.05, 0) is 26.3 Å². The third-order valence-electron chi connectivity index (χ3n) is 2.61. The van der Waals surface area contributed by atoms with Crippen molar-refractivity contribution in [1.29, 1.82) is 0 Å². The molecule has 0 rings (SSSR count). The highest BCUT2D eigenvalue weighted by atomic mass is 35.5. The van der Waals surface area contributed by atoms with Gasteiger partial charge in [0.1, 0.15) is 0 Å². The molecule has 0 saturated carbocycles. The van der Waals surface area contributed by atoms with Crippen LogP contribution in [0.1, 0.15) is 40.0 Å². The van der Waals surface area contributed by atoms with Gasteiger partial charge in [0.15, 0.2) is 0 Å². The lowest BCUT2D eigenvalue weighted by Gasteiger charge is -2.26. The maximum absolute atomic E-state index is 11.8. The number of hydrogen-bond donors (Lipinski definition) is 2. The Morgan fingerprint density at radius 1 is 1.28 bits per heavy atom. The molecule has 0 spiro atoms. The summed E-state index contributed by atoms with van der Waals surface area (Å²) in [6, 6.07) is -0.386. The van der Waals surface area contributed by atoms with E-state index in [1.165, 1.54) is 0 Å². The lowest BCUT2D eigenvalue weighted by Crippen LogP contribution is -2.47. The lowest BCUT2D eigenvalue weighted by atomic mass is 10.2. The van der Waals surface area contributed by atoms with Crippen molar-refractivity contribution in [1.82, 2.24) is 10.2 Å². The van der Waals surface area contributed by atoms with Gasteiger partial charge in [-0.2, -0.15) is 0 Å². The summed E-state index contributed by atoms with van der Waals surface area (Å²) >= 11 is 0. The van der Waals surface area contributed by atoms with Crippen LogP contribution in [0.25, 0.3) is 0 Å². The zero-order valence-electron chi connectivity index (χ0n) is 11.4. The smallest absolute Gasteiger partial charge is 0.317 e. The molecule has 108 valence electrons. The largest absolute Gasteiger partial charge is 0.480 e. The third-order valence-corrected chi connectivity index (χ3v) is 2.61. The summed E-state index contributed by atoms with van der Waals surface area (Å²) in [6.45, 7) is 6.97. The number of unbranched alkanes of at least 4 members (excludes halogenated alkanes) is 1. The van der Waals surface area contributed by atoms with Crippen LogP contribution in [0.2, 0.25) is 0 Å². The number of carbonyl (C=O) groups is 2. The summed E-state index contributed by atoms with van der Waals surface area (Å²) < 4.78 is 0. The molecule has 0 bridgehead atoms. The Labute approximate surface area is 115 Å². The van der Waals surface area contributed by atoms with Crippen molar-refractivity contribution in [2.75, 3.05) is 19.6 Å². The highest BCUT2D eigenvalue weighted by molar-refractivity contribution is 5.85. The molecule has 6 heteroatoms. The number of amides is 1. The van der Waals surface area contributed by atoms with Gasteiger partial charge >= 0.3 is 5.97 Å². The van der Waals surface area contributed by atoms with Gasteiger partial charge in [-0.1, -0.05) is 20.3 Å². The summed E-state index contributed by atoms with van der Waals surface area (Å²) in [4.78, 5) is 24.2. The fourth-order valence-corrected chi connectivity index (χ4v) is 1.57. The first-order valence-corrected chi connectivity index (χ1v) is 6.26. The highest BCUT2D eigenvalue weighted by Gasteiger charge is 2.21. The van der Waals surface area contributed by atoms with E-state index < -0.39 is 5.97 Å². The van der Waals surface area contributed by atoms with Crippen molar-refractivity contribution in [2.45, 2.75) is 46.1 Å². The minimum absolute atomic E-state index is 0. The normalized spacial score (nSPS) is 11.8. The van der Waals surface area contributed by atoms with E-state index in [1.54, 1.807) is 11.8 Å². The van der Waals surface area contributed by atoms with Crippen LogP contribution in [0.4, 0.5) is 0 Å². The predicted octanol–water partition coefficient (Wildman–Crippen LogP) is 1.51. The summed E-state index contributed by atoms with van der Waals surface area (Å²) in [5.74, 6) is -0.986. The molecule has 0 aliphatic heterocycles. The second-order valence-electron chi connectivity index (χ2n) is 4.18. The molecule has 1 atom stereocenters. The van der Waals surface area contributed by atoms with Gasteiger partial charge in [0.05, 0.1) is 12.6 Å². The Balaban J connectivity index is 0. The first kappa shape index (κ1) is 19.5. The molecule has 1 unspecified atom stereocenters. The summed E-state index contributed by atoms with van der Waals surface area (Å²) in [5.41, 5.74) is 0. The Hall–Kier alpha value is -0.810. The van der Waals surface area contributed by atoms with E-state index in [0.717, 1.165) is 19.3 Å². The second-order valence-corrected chi connectivity index (χ2v) is 4.18. The van der Waals surface area contributed by atoms with E-state index in [0.29, 0.717) is 13.1 Å². The number of halogens is 1. The number of nitrogens with zero attached hydrogens (tertiary/aromatic N) is 1. The Morgan fingerprint density at radius 2 is 1.89 bits per heavy atom. The molecule has 0 radical (unpaired) electrons. The van der Waals surface area contributed by atoms with E-state index in [1.807, 2.05) is 6.92 Å². The summed E-state index contributed by atoms with van der Waals surface area (Å²) in [5, 5.41) is 11.6. The molecular weight excluding hydrogens is 256 g/mol. The standard InChI is InChI=1S/C12H24N2O3.ClH/c1-4-6-7-13-12(17)10(3)14(8-5-2)9-11(15)16;/h10H,4-9H2,1-3H3,(H,13,17)(H,15,16);1H. The monoisotopic (exact) mass is 280 g/mol. The number of carboxylic acids is 1. The van der Waals surface area contributed by atoms with E-state index in [4.69, 9.17) is 5.11 Å². The van der Waals surface area contributed by atoms with Crippen molar-refractivity contribution >= 4 is 24.3 Å². The van der Waals surface area contributed by atoms with Crippen LogP contribution in [-0.2, 0) is 9.59 Å². The fourth-order valence-electron chi connectivity index (χ4n) is 1.57. The van der Waals surface area contributed by atoms with Crippen LogP contribution in [0, 0.1) is 0 Å². The molecule has 0 aromatic rings. The summed E-state index contributed by atoms with van der Waals surface area (Å²) in [7, 11) is 0. The van der Waals surface area contributed by atoms with E-state index in [9.17, 15) is 9.59 Å². The van der Waals surface area contributed by atoms with Gasteiger partial charge in [-0.25, -0.2) is 0 Å². The van der Waals surface area contributed by atoms with Crippen LogP contribution in [0.15, 0.2) is 0 Å². The molecule has 5 nitrogen and oxygen atoms in total. The van der Waals surface area contributed by atoms with Crippen LogP contribution >= 0.6 is 12.4 Å². The molecule has 1 amide bonds. The summed E-state index contributed by atoms with van der Waals surface area (Å²) in [6.07, 6.45) is 2.81. The Kier molecular flexibility index (Phi) is 12.2. The topological polar surface area (TPSA) is 69.6 Å². The van der Waals surface area contributed by atoms with Crippen molar-refractivity contribution in [3.63, 3.8) is 0 Å². The minimum atomic E-state index is -0.897. The number of aliphatic carboxylic acids is 1. The number of carbonyl (C=O) groups excluding carboxylic acids is 1. The number of nitrogens with one attached hydrogen (secondary N) is 1. The average Bonchev–Trinajstić information content (AvgIpc) is 2.27. The lowest BCUT2D eigenvalue weighted by molar-refractivity contribution is -0.139. The SMILES string of the molecule is CCCCNC(=O)C(C)N(CCC)CC(=O)O.Cl. The first-order chi connectivity index (χ1) is 8.02. The Morgan fingerprint density at radius 3 is 2.33 bits per heavy atom.